The van der Waals surface area contributed by atoms with E-state index in [1.807, 2.05) is 18.2 Å². The monoisotopic (exact) mass is 191 g/mol. The molecule has 0 amide bonds. The quantitative estimate of drug-likeness (QED) is 0.740. The van der Waals surface area contributed by atoms with Crippen molar-refractivity contribution < 1.29 is 4.74 Å². The van der Waals surface area contributed by atoms with Gasteiger partial charge in [-0.2, -0.15) is 0 Å². The Morgan fingerprint density at radius 1 is 1.50 bits per heavy atom. The minimum atomic E-state index is -0.0895. The molecule has 0 radical (unpaired) electrons. The van der Waals surface area contributed by atoms with Crippen LogP contribution in [0.25, 0.3) is 0 Å². The fourth-order valence-corrected chi connectivity index (χ4v) is 1.98. The summed E-state index contributed by atoms with van der Waals surface area (Å²) >= 11 is 0. The predicted octanol–water partition coefficient (Wildman–Crippen LogP) is 2.64. The summed E-state index contributed by atoms with van der Waals surface area (Å²) < 4.78 is 5.96. The van der Waals surface area contributed by atoms with Gasteiger partial charge in [0.25, 0.3) is 0 Å². The third-order valence-electron chi connectivity index (χ3n) is 3.07. The Balaban J connectivity index is 2.38. The van der Waals surface area contributed by atoms with Crippen molar-refractivity contribution in [1.29, 1.82) is 0 Å². The van der Waals surface area contributed by atoms with Gasteiger partial charge < -0.3 is 10.5 Å². The van der Waals surface area contributed by atoms with E-state index in [-0.39, 0.29) is 11.6 Å². The summed E-state index contributed by atoms with van der Waals surface area (Å²) in [6.07, 6.45) is 1.90. The van der Waals surface area contributed by atoms with Gasteiger partial charge in [-0.25, -0.2) is 0 Å². The molecule has 0 saturated heterocycles. The Bertz CT molecular complexity index is 337. The van der Waals surface area contributed by atoms with Crippen LogP contribution in [0.1, 0.15) is 38.3 Å². The highest BCUT2D eigenvalue weighted by molar-refractivity contribution is 5.38. The zero-order valence-electron chi connectivity index (χ0n) is 8.79. The highest BCUT2D eigenvalue weighted by Crippen LogP contribution is 2.39. The van der Waals surface area contributed by atoms with Crippen molar-refractivity contribution in [2.75, 3.05) is 0 Å². The lowest BCUT2D eigenvalue weighted by Crippen LogP contribution is -2.39. The Kier molecular flexibility index (Phi) is 2.23. The van der Waals surface area contributed by atoms with Crippen molar-refractivity contribution in [3.8, 4) is 5.75 Å². The minimum absolute atomic E-state index is 0.0895. The van der Waals surface area contributed by atoms with Gasteiger partial charge in [0, 0.05) is 18.0 Å². The van der Waals surface area contributed by atoms with Gasteiger partial charge in [0.15, 0.2) is 0 Å². The van der Waals surface area contributed by atoms with Crippen molar-refractivity contribution in [3.63, 3.8) is 0 Å². The van der Waals surface area contributed by atoms with Crippen LogP contribution in [0.3, 0.4) is 0 Å². The van der Waals surface area contributed by atoms with Crippen LogP contribution in [0.2, 0.25) is 0 Å². The molecule has 2 heteroatoms. The molecule has 2 rings (SSSR count). The molecule has 2 nitrogen and oxygen atoms in total. The molecule has 76 valence electrons. The number of rotatable bonds is 1. The van der Waals surface area contributed by atoms with Gasteiger partial charge in [0.05, 0.1) is 0 Å². The zero-order valence-corrected chi connectivity index (χ0v) is 8.79. The van der Waals surface area contributed by atoms with Crippen LogP contribution in [-0.4, -0.2) is 5.60 Å². The van der Waals surface area contributed by atoms with E-state index < -0.39 is 0 Å². The van der Waals surface area contributed by atoms with Crippen molar-refractivity contribution in [3.05, 3.63) is 29.8 Å². The second-order valence-corrected chi connectivity index (χ2v) is 4.25. The first-order valence-corrected chi connectivity index (χ1v) is 5.18. The summed E-state index contributed by atoms with van der Waals surface area (Å²) in [7, 11) is 0. The summed E-state index contributed by atoms with van der Waals surface area (Å²) in [5.74, 6) is 0.954. The molecule has 0 unspecified atom stereocenters. The van der Waals surface area contributed by atoms with Gasteiger partial charge in [0.1, 0.15) is 11.4 Å². The summed E-state index contributed by atoms with van der Waals surface area (Å²) in [5, 5.41) is 0. The van der Waals surface area contributed by atoms with Crippen LogP contribution in [0.5, 0.6) is 5.75 Å². The SMILES string of the molecule is CC[C@@]1(C)C[C@@H](N)c2ccccc2O1. The lowest BCUT2D eigenvalue weighted by molar-refractivity contribution is 0.0503. The molecule has 2 N–H and O–H groups in total. The summed E-state index contributed by atoms with van der Waals surface area (Å²) in [4.78, 5) is 0. The maximum atomic E-state index is 6.12. The molecular weight excluding hydrogens is 174 g/mol. The number of hydrogen-bond acceptors (Lipinski definition) is 2. The molecular formula is C12H17NO. The summed E-state index contributed by atoms with van der Waals surface area (Å²) in [5.41, 5.74) is 7.17. The molecule has 0 saturated carbocycles. The molecule has 1 aliphatic heterocycles. The molecule has 14 heavy (non-hydrogen) atoms. The maximum absolute atomic E-state index is 6.12. The fraction of sp³-hybridized carbons (Fsp3) is 0.500. The molecule has 0 fully saturated rings. The lowest BCUT2D eigenvalue weighted by atomic mass is 9.87. The van der Waals surface area contributed by atoms with E-state index in [1.54, 1.807) is 0 Å². The molecule has 1 aliphatic rings. The first kappa shape index (κ1) is 9.53. The van der Waals surface area contributed by atoms with Gasteiger partial charge in [-0.05, 0) is 19.4 Å². The van der Waals surface area contributed by atoms with E-state index in [9.17, 15) is 0 Å². The van der Waals surface area contributed by atoms with Gasteiger partial charge in [0.2, 0.25) is 0 Å². The Hall–Kier alpha value is -1.02. The molecule has 0 aliphatic carbocycles. The van der Waals surface area contributed by atoms with Crippen molar-refractivity contribution in [2.24, 2.45) is 5.73 Å². The summed E-state index contributed by atoms with van der Waals surface area (Å²) in [6.45, 7) is 4.27. The van der Waals surface area contributed by atoms with E-state index in [0.717, 1.165) is 24.2 Å². The second-order valence-electron chi connectivity index (χ2n) is 4.25. The zero-order chi connectivity index (χ0) is 10.2. The highest BCUT2D eigenvalue weighted by atomic mass is 16.5. The van der Waals surface area contributed by atoms with E-state index in [1.165, 1.54) is 0 Å². The molecule has 0 bridgehead atoms. The average molecular weight is 191 g/mol. The van der Waals surface area contributed by atoms with Gasteiger partial charge in [-0.15, -0.1) is 0 Å². The third kappa shape index (κ3) is 1.50. The van der Waals surface area contributed by atoms with Crippen molar-refractivity contribution in [1.82, 2.24) is 0 Å². The van der Waals surface area contributed by atoms with Gasteiger partial charge in [-0.1, -0.05) is 25.1 Å². The number of ether oxygens (including phenoxy) is 1. The van der Waals surface area contributed by atoms with Crippen LogP contribution >= 0.6 is 0 Å². The van der Waals surface area contributed by atoms with Crippen molar-refractivity contribution >= 4 is 0 Å². The molecule has 1 aromatic carbocycles. The highest BCUT2D eigenvalue weighted by Gasteiger charge is 2.33. The molecule has 1 aromatic rings. The van der Waals surface area contributed by atoms with Gasteiger partial charge in [-0.3, -0.25) is 0 Å². The van der Waals surface area contributed by atoms with E-state index in [4.69, 9.17) is 10.5 Å². The normalized spacial score (nSPS) is 30.6. The molecule has 0 spiro atoms. The third-order valence-corrected chi connectivity index (χ3v) is 3.07. The largest absolute Gasteiger partial charge is 0.487 e. The Morgan fingerprint density at radius 3 is 2.93 bits per heavy atom. The van der Waals surface area contributed by atoms with E-state index in [0.29, 0.717) is 0 Å². The van der Waals surface area contributed by atoms with Crippen LogP contribution in [0.4, 0.5) is 0 Å². The molecule has 0 aromatic heterocycles. The van der Waals surface area contributed by atoms with E-state index in [2.05, 4.69) is 19.9 Å². The number of para-hydroxylation sites is 1. The number of benzene rings is 1. The first-order valence-electron chi connectivity index (χ1n) is 5.18. The molecule has 1 heterocycles. The number of fused-ring (bicyclic) bond motifs is 1. The molecule has 2 atom stereocenters. The number of nitrogens with two attached hydrogens (primary N) is 1. The first-order chi connectivity index (χ1) is 6.64. The topological polar surface area (TPSA) is 35.2 Å². The summed E-state index contributed by atoms with van der Waals surface area (Å²) in [6, 6.07) is 8.17. The predicted molar refractivity (Wildman–Crippen MR) is 57.3 cm³/mol. The van der Waals surface area contributed by atoms with Crippen molar-refractivity contribution in [2.45, 2.75) is 38.3 Å². The maximum Gasteiger partial charge on any atom is 0.124 e. The second kappa shape index (κ2) is 3.28. The van der Waals surface area contributed by atoms with Crippen LogP contribution in [-0.2, 0) is 0 Å². The van der Waals surface area contributed by atoms with Crippen LogP contribution in [0, 0.1) is 0 Å². The lowest BCUT2D eigenvalue weighted by Gasteiger charge is -2.38. The Labute approximate surface area is 85.1 Å². The standard InChI is InChI=1S/C12H17NO/c1-3-12(2)8-10(13)9-6-4-5-7-11(9)14-12/h4-7,10H,3,8,13H2,1-2H3/t10-,12+/m1/s1. The van der Waals surface area contributed by atoms with E-state index >= 15 is 0 Å². The average Bonchev–Trinajstić information content (AvgIpc) is 2.18. The minimum Gasteiger partial charge on any atom is -0.487 e. The Morgan fingerprint density at radius 2 is 2.21 bits per heavy atom. The smallest absolute Gasteiger partial charge is 0.124 e. The van der Waals surface area contributed by atoms with Gasteiger partial charge >= 0.3 is 0 Å². The van der Waals surface area contributed by atoms with Crippen LogP contribution in [0.15, 0.2) is 24.3 Å². The number of hydrogen-bond donors (Lipinski definition) is 1. The fourth-order valence-electron chi connectivity index (χ4n) is 1.98. The van der Waals surface area contributed by atoms with Crippen LogP contribution < -0.4 is 10.5 Å².